The summed E-state index contributed by atoms with van der Waals surface area (Å²) in [6.45, 7) is 12.9. The van der Waals surface area contributed by atoms with E-state index in [0.717, 1.165) is 21.9 Å². The summed E-state index contributed by atoms with van der Waals surface area (Å²) in [6.07, 6.45) is 3.46. The summed E-state index contributed by atoms with van der Waals surface area (Å²) in [5, 5.41) is 25.2. The van der Waals surface area contributed by atoms with Gasteiger partial charge in [-0.2, -0.15) is 0 Å². The molecule has 0 radical (unpaired) electrons. The van der Waals surface area contributed by atoms with Crippen LogP contribution in [-0.4, -0.2) is 30.1 Å². The van der Waals surface area contributed by atoms with Crippen molar-refractivity contribution in [3.8, 4) is 56.5 Å². The molecule has 7 rings (SSSR count). The van der Waals surface area contributed by atoms with E-state index in [0.29, 0.717) is 56.1 Å². The minimum absolute atomic E-state index is 0. The van der Waals surface area contributed by atoms with Crippen molar-refractivity contribution >= 4 is 21.8 Å². The van der Waals surface area contributed by atoms with Crippen molar-refractivity contribution < 1.29 is 44.4 Å². The van der Waals surface area contributed by atoms with Crippen molar-refractivity contribution in [2.45, 2.75) is 52.4 Å². The first-order valence-electron chi connectivity index (χ1n) is 16.2. The molecule has 2 N–H and O–H groups in total. The molecule has 0 saturated heterocycles. The van der Waals surface area contributed by atoms with Gasteiger partial charge >= 0.3 is 0 Å². The number of aromatic hydroxyl groups is 2. The molecule has 0 spiro atoms. The van der Waals surface area contributed by atoms with Crippen molar-refractivity contribution in [3.05, 3.63) is 121 Å². The molecule has 0 aliphatic rings. The van der Waals surface area contributed by atoms with E-state index in [9.17, 15) is 10.2 Å². The largest absolute Gasteiger partial charge is 0.507 e. The molecule has 0 atom stereocenters. The Balaban J connectivity index is 0.00000243. The van der Waals surface area contributed by atoms with Gasteiger partial charge < -0.3 is 10.2 Å². The van der Waals surface area contributed by atoms with Crippen molar-refractivity contribution in [1.82, 2.24) is 19.9 Å². The maximum atomic E-state index is 11.7. The van der Waals surface area contributed by atoms with E-state index >= 15 is 0 Å². The van der Waals surface area contributed by atoms with Crippen LogP contribution >= 0.6 is 0 Å². The van der Waals surface area contributed by atoms with Crippen LogP contribution in [0.4, 0.5) is 0 Å². The quantitative estimate of drug-likeness (QED) is 0.138. The number of hydrogen-bond acceptors (Lipinski definition) is 6. The first-order valence-corrected chi connectivity index (χ1v) is 16.2. The number of hydrogen-bond donors (Lipinski definition) is 2. The van der Waals surface area contributed by atoms with Crippen LogP contribution in [0.3, 0.4) is 0 Å². The van der Waals surface area contributed by atoms with E-state index in [1.165, 1.54) is 0 Å². The first kappa shape index (κ1) is 36.7. The van der Waals surface area contributed by atoms with Gasteiger partial charge in [-0.3, -0.25) is 9.97 Å². The SMILES string of the molecule is CC(C)(C)c1cc(-c2ccccn2)c(O)c(-c2ccc3ccc4ccc(-c5cc(C(C)(C)C)cc(-c6ccccn6)c5O)nc4c3n2)c1.[Fe].[Fe]. The molecule has 0 bridgehead atoms. The Labute approximate surface area is 314 Å². The minimum Gasteiger partial charge on any atom is -0.507 e. The van der Waals surface area contributed by atoms with Gasteiger partial charge in [0.05, 0.1) is 33.8 Å². The zero-order chi connectivity index (χ0) is 33.8. The van der Waals surface area contributed by atoms with Crippen LogP contribution in [0.25, 0.3) is 66.8 Å². The predicted octanol–water partition coefficient (Wildman–Crippen LogP) is 10.2. The Bertz CT molecular complexity index is 2170. The van der Waals surface area contributed by atoms with E-state index in [4.69, 9.17) is 9.97 Å². The van der Waals surface area contributed by atoms with Crippen LogP contribution in [0.1, 0.15) is 52.7 Å². The maximum Gasteiger partial charge on any atom is 0.134 e. The third-order valence-corrected chi connectivity index (χ3v) is 8.91. The number of aromatic nitrogens is 4. The Hall–Kier alpha value is -4.58. The molecule has 6 nitrogen and oxygen atoms in total. The van der Waals surface area contributed by atoms with Crippen LogP contribution in [0.15, 0.2) is 109 Å². The molecule has 0 amide bonds. The second-order valence-corrected chi connectivity index (χ2v) is 14.4. The van der Waals surface area contributed by atoms with E-state index in [2.05, 4.69) is 51.5 Å². The van der Waals surface area contributed by atoms with Gasteiger partial charge in [0.25, 0.3) is 0 Å². The smallest absolute Gasteiger partial charge is 0.134 e. The van der Waals surface area contributed by atoms with Crippen molar-refractivity contribution in [1.29, 1.82) is 0 Å². The molecule has 0 aliphatic heterocycles. The number of rotatable bonds is 4. The monoisotopic (exact) mass is 742 g/mol. The molecule has 0 fully saturated rings. The summed E-state index contributed by atoms with van der Waals surface area (Å²) in [5.41, 5.74) is 8.46. The topological polar surface area (TPSA) is 92.0 Å². The number of phenolic OH excluding ortho intramolecular Hbond substituents is 2. The fraction of sp³-hybridized carbons (Fsp3) is 0.190. The van der Waals surface area contributed by atoms with E-state index < -0.39 is 0 Å². The van der Waals surface area contributed by atoms with Crippen molar-refractivity contribution in [2.75, 3.05) is 0 Å². The van der Waals surface area contributed by atoms with E-state index in [1.807, 2.05) is 97.1 Å². The van der Waals surface area contributed by atoms with Gasteiger partial charge in [0.1, 0.15) is 11.5 Å². The molecule has 3 aromatic carbocycles. The Morgan fingerprint density at radius 3 is 1.10 bits per heavy atom. The zero-order valence-electron chi connectivity index (χ0n) is 28.8. The molecule has 0 unspecified atom stereocenters. The maximum absolute atomic E-state index is 11.7. The molecular weight excluding hydrogens is 704 g/mol. The summed E-state index contributed by atoms with van der Waals surface area (Å²) >= 11 is 0. The molecule has 0 aliphatic carbocycles. The van der Waals surface area contributed by atoms with Crippen LogP contribution in [0.5, 0.6) is 11.5 Å². The van der Waals surface area contributed by atoms with Crippen LogP contribution in [0.2, 0.25) is 0 Å². The van der Waals surface area contributed by atoms with Gasteiger partial charge in [-0.05, 0) is 82.6 Å². The number of nitrogens with zero attached hydrogens (tertiary/aromatic N) is 4. The van der Waals surface area contributed by atoms with Gasteiger partial charge in [-0.15, -0.1) is 0 Å². The summed E-state index contributed by atoms with van der Waals surface area (Å²) in [6, 6.07) is 31.5. The molecule has 8 heteroatoms. The number of benzene rings is 3. The number of fused-ring (bicyclic) bond motifs is 3. The van der Waals surface area contributed by atoms with Gasteiger partial charge in [-0.1, -0.05) is 77.9 Å². The minimum atomic E-state index is -0.177. The number of pyridine rings is 4. The fourth-order valence-corrected chi connectivity index (χ4v) is 6.03. The molecular formula is C42H38Fe2N4O2. The Morgan fingerprint density at radius 1 is 0.440 bits per heavy atom. The molecule has 254 valence electrons. The Kier molecular flexibility index (Phi) is 10.3. The van der Waals surface area contributed by atoms with Crippen molar-refractivity contribution in [3.63, 3.8) is 0 Å². The molecule has 4 heterocycles. The fourth-order valence-electron chi connectivity index (χ4n) is 6.03. The second kappa shape index (κ2) is 14.0. The first-order chi connectivity index (χ1) is 22.9. The normalized spacial score (nSPS) is 11.6. The van der Waals surface area contributed by atoms with E-state index in [1.54, 1.807) is 12.4 Å². The van der Waals surface area contributed by atoms with Crippen LogP contribution < -0.4 is 0 Å². The molecule has 4 aromatic heterocycles. The third-order valence-electron chi connectivity index (χ3n) is 8.91. The van der Waals surface area contributed by atoms with Crippen LogP contribution in [-0.2, 0) is 45.0 Å². The third kappa shape index (κ3) is 6.90. The summed E-state index contributed by atoms with van der Waals surface area (Å²) in [5.74, 6) is 0.266. The van der Waals surface area contributed by atoms with Gasteiger partial charge in [0, 0.05) is 79.6 Å². The molecule has 50 heavy (non-hydrogen) atoms. The second-order valence-electron chi connectivity index (χ2n) is 14.4. The summed E-state index contributed by atoms with van der Waals surface area (Å²) in [7, 11) is 0. The van der Waals surface area contributed by atoms with Gasteiger partial charge in [0.15, 0.2) is 0 Å². The van der Waals surface area contributed by atoms with E-state index in [-0.39, 0.29) is 56.5 Å². The summed E-state index contributed by atoms with van der Waals surface area (Å²) < 4.78 is 0. The number of phenols is 2. The zero-order valence-corrected chi connectivity index (χ0v) is 31.0. The van der Waals surface area contributed by atoms with Crippen molar-refractivity contribution in [2.24, 2.45) is 0 Å². The average Bonchev–Trinajstić information content (AvgIpc) is 3.07. The summed E-state index contributed by atoms with van der Waals surface area (Å²) in [4.78, 5) is 19.4. The molecule has 0 saturated carbocycles. The van der Waals surface area contributed by atoms with Gasteiger partial charge in [-0.25, -0.2) is 9.97 Å². The molecule has 7 aromatic rings. The van der Waals surface area contributed by atoms with Gasteiger partial charge in [0.2, 0.25) is 0 Å². The standard InChI is InChI=1S/C42H38N4O2.2Fe/c1-41(2,3)27-21-29(33-11-7-9-19-43-33)39(47)31(23-27)35-17-15-25-13-14-26-16-18-36(46-38(26)37(25)45-35)32-24-28(42(4,5)6)22-30(40(32)48)34-12-8-10-20-44-34;;/h7-24,47-48H,1-6H3;;. The predicted molar refractivity (Wildman–Crippen MR) is 195 cm³/mol. The van der Waals surface area contributed by atoms with Crippen LogP contribution in [0, 0.1) is 0 Å². The average molecular weight is 742 g/mol. The Morgan fingerprint density at radius 2 is 0.780 bits per heavy atom.